The molecule has 6 nitrogen and oxygen atoms in total. The molecule has 1 amide bonds. The van der Waals surface area contributed by atoms with Crippen LogP contribution in [0.4, 0.5) is 5.13 Å². The molecule has 3 aromatic rings. The number of likely N-dealkylation sites (N-methyl/N-ethyl adjacent to an activating group) is 1. The molecule has 0 radical (unpaired) electrons. The second kappa shape index (κ2) is 10.9. The van der Waals surface area contributed by atoms with Crippen LogP contribution in [0.3, 0.4) is 0 Å². The lowest BCUT2D eigenvalue weighted by molar-refractivity contribution is 0.0983. The van der Waals surface area contributed by atoms with E-state index in [4.69, 9.17) is 0 Å². The third-order valence-corrected chi connectivity index (χ3v) is 7.54. The van der Waals surface area contributed by atoms with Crippen molar-refractivity contribution in [2.45, 2.75) is 18.7 Å². The van der Waals surface area contributed by atoms with Crippen molar-refractivity contribution in [3.63, 3.8) is 0 Å². The molecule has 0 aliphatic heterocycles. The molecule has 31 heavy (non-hydrogen) atoms. The third kappa shape index (κ3) is 6.26. The Morgan fingerprint density at radius 1 is 1.06 bits per heavy atom. The van der Waals surface area contributed by atoms with Crippen LogP contribution in [0.15, 0.2) is 51.8 Å². The number of hydrogen-bond acceptors (Lipinski definition) is 6. The number of aromatic nitrogens is 1. The van der Waals surface area contributed by atoms with Gasteiger partial charge in [-0.05, 0) is 55.6 Å². The van der Waals surface area contributed by atoms with Gasteiger partial charge in [0.1, 0.15) is 0 Å². The van der Waals surface area contributed by atoms with Crippen molar-refractivity contribution in [3.05, 3.63) is 52.5 Å². The van der Waals surface area contributed by atoms with Crippen molar-refractivity contribution < 1.29 is 13.2 Å². The smallest absolute Gasteiger partial charge is 0.260 e. The molecule has 0 aliphatic rings. The summed E-state index contributed by atoms with van der Waals surface area (Å²) in [5.74, 6) is -0.194. The number of rotatable bonds is 8. The average molecular weight is 547 g/mol. The highest BCUT2D eigenvalue weighted by molar-refractivity contribution is 9.10. The summed E-state index contributed by atoms with van der Waals surface area (Å²) in [6, 6.07) is 11.9. The van der Waals surface area contributed by atoms with E-state index in [-0.39, 0.29) is 23.2 Å². The first-order valence-electron chi connectivity index (χ1n) is 9.63. The standard InChI is InChI=1S/C21H24BrN3O3S2.ClH/c1-4-24(5-2)12-13-25(21-23-18-11-8-16(22)14-19(18)29-21)20(26)15-6-9-17(10-7-15)30(3,27)28;/h6-11,14H,4-5,12-13H2,1-3H3;1H. The maximum Gasteiger partial charge on any atom is 0.260 e. The van der Waals surface area contributed by atoms with Gasteiger partial charge in [0.15, 0.2) is 15.0 Å². The van der Waals surface area contributed by atoms with Crippen molar-refractivity contribution in [1.29, 1.82) is 0 Å². The van der Waals surface area contributed by atoms with Crippen LogP contribution in [0.2, 0.25) is 0 Å². The normalized spacial score (nSPS) is 11.5. The number of hydrogen-bond donors (Lipinski definition) is 0. The van der Waals surface area contributed by atoms with Gasteiger partial charge >= 0.3 is 0 Å². The van der Waals surface area contributed by atoms with Gasteiger partial charge in [0.2, 0.25) is 0 Å². The first-order valence-corrected chi connectivity index (χ1v) is 13.1. The zero-order chi connectivity index (χ0) is 21.9. The zero-order valence-corrected chi connectivity index (χ0v) is 21.6. The molecule has 1 aromatic heterocycles. The number of halogens is 2. The highest BCUT2D eigenvalue weighted by Crippen LogP contribution is 2.31. The molecule has 0 aliphatic carbocycles. The summed E-state index contributed by atoms with van der Waals surface area (Å²) >= 11 is 4.94. The monoisotopic (exact) mass is 545 g/mol. The van der Waals surface area contributed by atoms with Gasteiger partial charge in [0.25, 0.3) is 5.91 Å². The van der Waals surface area contributed by atoms with Crippen molar-refractivity contribution in [1.82, 2.24) is 9.88 Å². The Bertz CT molecular complexity index is 1150. The molecule has 0 fully saturated rings. The lowest BCUT2D eigenvalue weighted by Gasteiger charge is -2.24. The summed E-state index contributed by atoms with van der Waals surface area (Å²) in [4.78, 5) is 22.2. The number of amides is 1. The quantitative estimate of drug-likeness (QED) is 0.403. The van der Waals surface area contributed by atoms with E-state index >= 15 is 0 Å². The number of fused-ring (bicyclic) bond motifs is 1. The molecular weight excluding hydrogens is 522 g/mol. The first-order chi connectivity index (χ1) is 14.2. The summed E-state index contributed by atoms with van der Waals surface area (Å²) in [6.07, 6.45) is 1.15. The summed E-state index contributed by atoms with van der Waals surface area (Å²) in [5.41, 5.74) is 1.27. The van der Waals surface area contributed by atoms with Crippen molar-refractivity contribution in [2.75, 3.05) is 37.3 Å². The minimum atomic E-state index is -3.31. The molecule has 0 spiro atoms. The predicted molar refractivity (Wildman–Crippen MR) is 134 cm³/mol. The van der Waals surface area contributed by atoms with Gasteiger partial charge in [-0.15, -0.1) is 12.4 Å². The first kappa shape index (κ1) is 25.7. The van der Waals surface area contributed by atoms with Gasteiger partial charge in [-0.1, -0.05) is 41.1 Å². The maximum absolute atomic E-state index is 13.4. The number of sulfone groups is 1. The molecular formula is C21H25BrClN3O3S2. The van der Waals surface area contributed by atoms with E-state index in [0.29, 0.717) is 17.2 Å². The van der Waals surface area contributed by atoms with Gasteiger partial charge in [-0.3, -0.25) is 9.69 Å². The average Bonchev–Trinajstić information content (AvgIpc) is 3.13. The highest BCUT2D eigenvalue weighted by Gasteiger charge is 2.22. The number of benzene rings is 2. The Kier molecular flexibility index (Phi) is 9.03. The summed E-state index contributed by atoms with van der Waals surface area (Å²) in [7, 11) is -3.31. The Hall–Kier alpha value is -1.52. The molecule has 0 N–H and O–H groups in total. The van der Waals surface area contributed by atoms with Crippen molar-refractivity contribution in [2.24, 2.45) is 0 Å². The minimum absolute atomic E-state index is 0. The minimum Gasteiger partial charge on any atom is -0.302 e. The fourth-order valence-electron chi connectivity index (χ4n) is 3.07. The third-order valence-electron chi connectivity index (χ3n) is 4.88. The van der Waals surface area contributed by atoms with E-state index in [0.717, 1.165) is 40.6 Å². The van der Waals surface area contributed by atoms with Crippen LogP contribution in [-0.4, -0.2) is 56.6 Å². The molecule has 10 heteroatoms. The number of thiazole rings is 1. The lowest BCUT2D eigenvalue weighted by Crippen LogP contribution is -2.38. The molecule has 0 atom stereocenters. The Labute approximate surface area is 201 Å². The summed E-state index contributed by atoms with van der Waals surface area (Å²) in [6.45, 7) is 7.20. The van der Waals surface area contributed by atoms with Gasteiger partial charge in [-0.2, -0.15) is 0 Å². The van der Waals surface area contributed by atoms with E-state index in [1.54, 1.807) is 17.0 Å². The highest BCUT2D eigenvalue weighted by atomic mass is 79.9. The number of carbonyl (C=O) groups excluding carboxylic acids is 1. The van der Waals surface area contributed by atoms with Gasteiger partial charge in [-0.25, -0.2) is 13.4 Å². The van der Waals surface area contributed by atoms with E-state index in [1.807, 2.05) is 18.2 Å². The molecule has 0 bridgehead atoms. The van der Waals surface area contributed by atoms with Gasteiger partial charge < -0.3 is 4.90 Å². The Balaban J connectivity index is 0.00000341. The molecule has 3 rings (SSSR count). The van der Waals surface area contributed by atoms with Crippen LogP contribution in [0.5, 0.6) is 0 Å². The van der Waals surface area contributed by atoms with Gasteiger partial charge in [0, 0.05) is 29.4 Å². The summed E-state index contributed by atoms with van der Waals surface area (Å²) in [5, 5.41) is 0.632. The molecule has 0 unspecified atom stereocenters. The number of anilines is 1. The zero-order valence-electron chi connectivity index (χ0n) is 17.5. The fraction of sp³-hybridized carbons (Fsp3) is 0.333. The van der Waals surface area contributed by atoms with Gasteiger partial charge in [0.05, 0.1) is 15.1 Å². The van der Waals surface area contributed by atoms with E-state index in [2.05, 4.69) is 39.7 Å². The number of carbonyl (C=O) groups is 1. The van der Waals surface area contributed by atoms with Crippen LogP contribution < -0.4 is 4.90 Å². The predicted octanol–water partition coefficient (Wildman–Crippen LogP) is 4.87. The van der Waals surface area contributed by atoms with Crippen molar-refractivity contribution >= 4 is 70.8 Å². The van der Waals surface area contributed by atoms with E-state index in [1.165, 1.54) is 23.5 Å². The van der Waals surface area contributed by atoms with E-state index in [9.17, 15) is 13.2 Å². The fourth-order valence-corrected chi connectivity index (χ4v) is 5.24. The van der Waals surface area contributed by atoms with Crippen molar-refractivity contribution in [3.8, 4) is 0 Å². The van der Waals surface area contributed by atoms with Crippen LogP contribution in [-0.2, 0) is 9.84 Å². The topological polar surface area (TPSA) is 70.6 Å². The molecule has 0 saturated heterocycles. The molecule has 1 heterocycles. The summed E-state index contributed by atoms with van der Waals surface area (Å²) < 4.78 is 25.4. The lowest BCUT2D eigenvalue weighted by atomic mass is 10.2. The SMILES string of the molecule is CCN(CC)CCN(C(=O)c1ccc(S(C)(=O)=O)cc1)c1nc2ccc(Br)cc2s1.Cl. The second-order valence-electron chi connectivity index (χ2n) is 6.89. The second-order valence-corrected chi connectivity index (χ2v) is 10.8. The largest absolute Gasteiger partial charge is 0.302 e. The molecule has 168 valence electrons. The Morgan fingerprint density at radius 2 is 1.71 bits per heavy atom. The van der Waals surface area contributed by atoms with Crippen LogP contribution in [0.25, 0.3) is 10.2 Å². The van der Waals surface area contributed by atoms with Crippen LogP contribution in [0.1, 0.15) is 24.2 Å². The van der Waals surface area contributed by atoms with E-state index < -0.39 is 9.84 Å². The maximum atomic E-state index is 13.4. The molecule has 0 saturated carbocycles. The van der Waals surface area contributed by atoms with Crippen LogP contribution in [0, 0.1) is 0 Å². The number of nitrogens with zero attached hydrogens (tertiary/aromatic N) is 3. The van der Waals surface area contributed by atoms with Crippen LogP contribution >= 0.6 is 39.7 Å². The molecule has 2 aromatic carbocycles. The Morgan fingerprint density at radius 3 is 2.29 bits per heavy atom.